The van der Waals surface area contributed by atoms with Gasteiger partial charge < -0.3 is 5.32 Å². The van der Waals surface area contributed by atoms with Crippen LogP contribution < -0.4 is 5.32 Å². The monoisotopic (exact) mass is 484 g/mol. The molecule has 1 fully saturated rings. The lowest BCUT2D eigenvalue weighted by molar-refractivity contribution is -0.120. The molecule has 7 heteroatoms. The van der Waals surface area contributed by atoms with Gasteiger partial charge in [-0.3, -0.25) is 9.36 Å². The number of carbonyl (C=O) groups excluding carboxylic acids is 1. The highest BCUT2D eigenvalue weighted by Crippen LogP contribution is 2.31. The van der Waals surface area contributed by atoms with Crippen molar-refractivity contribution in [3.05, 3.63) is 64.6 Å². The van der Waals surface area contributed by atoms with E-state index in [0.29, 0.717) is 12.6 Å². The lowest BCUT2D eigenvalue weighted by Gasteiger charge is -2.17. The first-order valence-corrected chi connectivity index (χ1v) is 12.0. The van der Waals surface area contributed by atoms with Crippen molar-refractivity contribution >= 4 is 33.6 Å². The lowest BCUT2D eigenvalue weighted by Crippen LogP contribution is -2.37. The third-order valence-corrected chi connectivity index (χ3v) is 7.14. The maximum Gasteiger partial charge on any atom is 0.233 e. The van der Waals surface area contributed by atoms with E-state index in [1.807, 2.05) is 49.4 Å². The number of thioether (sulfide) groups is 1. The number of carbonyl (C=O) groups is 1. The molecule has 4 rings (SSSR count). The maximum atomic E-state index is 12.7. The molecule has 1 unspecified atom stereocenters. The summed E-state index contributed by atoms with van der Waals surface area (Å²) in [5, 5.41) is 12.6. The van der Waals surface area contributed by atoms with Crippen molar-refractivity contribution in [2.24, 2.45) is 0 Å². The van der Waals surface area contributed by atoms with Gasteiger partial charge in [-0.1, -0.05) is 89.1 Å². The Bertz CT molecular complexity index is 1000. The fourth-order valence-corrected chi connectivity index (χ4v) is 5.05. The SMILES string of the molecule is CC(Sc1nnc(-c2ccccc2Br)n1Cc1ccccc1)C(=O)NC1CCCC1. The Balaban J connectivity index is 1.60. The molecule has 0 radical (unpaired) electrons. The number of halogens is 1. The molecule has 3 aromatic rings. The van der Waals surface area contributed by atoms with E-state index in [2.05, 4.69) is 48.1 Å². The summed E-state index contributed by atoms with van der Waals surface area (Å²) in [6.45, 7) is 2.58. The molecule has 1 aliphatic rings. The first kappa shape index (κ1) is 21.1. The molecule has 1 saturated carbocycles. The molecule has 2 aromatic carbocycles. The number of hydrogen-bond acceptors (Lipinski definition) is 4. The van der Waals surface area contributed by atoms with E-state index in [0.717, 1.165) is 39.4 Å². The second-order valence-electron chi connectivity index (χ2n) is 7.61. The Hall–Kier alpha value is -2.12. The summed E-state index contributed by atoms with van der Waals surface area (Å²) in [5.41, 5.74) is 2.14. The molecule has 5 nitrogen and oxygen atoms in total. The Labute approximate surface area is 189 Å². The van der Waals surface area contributed by atoms with Crippen molar-refractivity contribution in [3.8, 4) is 11.4 Å². The summed E-state index contributed by atoms with van der Waals surface area (Å²) in [7, 11) is 0. The third-order valence-electron chi connectivity index (χ3n) is 5.37. The molecule has 1 amide bonds. The largest absolute Gasteiger partial charge is 0.352 e. The summed E-state index contributed by atoms with van der Waals surface area (Å²) < 4.78 is 3.06. The van der Waals surface area contributed by atoms with Gasteiger partial charge in [0, 0.05) is 16.1 Å². The van der Waals surface area contributed by atoms with Crippen LogP contribution in [0.15, 0.2) is 64.2 Å². The summed E-state index contributed by atoms with van der Waals surface area (Å²) >= 11 is 5.10. The number of aromatic nitrogens is 3. The molecule has 1 heterocycles. The predicted molar refractivity (Wildman–Crippen MR) is 124 cm³/mol. The average molecular weight is 485 g/mol. The van der Waals surface area contributed by atoms with Gasteiger partial charge in [0.1, 0.15) is 0 Å². The minimum Gasteiger partial charge on any atom is -0.352 e. The van der Waals surface area contributed by atoms with E-state index in [-0.39, 0.29) is 11.2 Å². The summed E-state index contributed by atoms with van der Waals surface area (Å²) in [4.78, 5) is 12.7. The van der Waals surface area contributed by atoms with Gasteiger partial charge in [-0.05, 0) is 31.4 Å². The molecule has 0 spiro atoms. The van der Waals surface area contributed by atoms with Crippen LogP contribution in [0.2, 0.25) is 0 Å². The standard InChI is InChI=1S/C23H25BrN4OS/c1-16(22(29)25-18-11-5-6-12-18)30-23-27-26-21(19-13-7-8-14-20(19)24)28(23)15-17-9-3-2-4-10-17/h2-4,7-10,13-14,16,18H,5-6,11-12,15H2,1H3,(H,25,29). The molecule has 1 N–H and O–H groups in total. The van der Waals surface area contributed by atoms with Crippen molar-refractivity contribution in [3.63, 3.8) is 0 Å². The Kier molecular flexibility index (Phi) is 6.89. The van der Waals surface area contributed by atoms with E-state index in [4.69, 9.17) is 0 Å². The molecular weight excluding hydrogens is 460 g/mol. The molecule has 30 heavy (non-hydrogen) atoms. The first-order valence-electron chi connectivity index (χ1n) is 10.3. The lowest BCUT2D eigenvalue weighted by atomic mass is 10.2. The van der Waals surface area contributed by atoms with Crippen LogP contribution in [0, 0.1) is 0 Å². The quantitative estimate of drug-likeness (QED) is 0.462. The smallest absolute Gasteiger partial charge is 0.233 e. The second-order valence-corrected chi connectivity index (χ2v) is 9.77. The zero-order valence-corrected chi connectivity index (χ0v) is 19.3. The minimum absolute atomic E-state index is 0.0728. The van der Waals surface area contributed by atoms with E-state index in [9.17, 15) is 4.79 Å². The van der Waals surface area contributed by atoms with Crippen LogP contribution in [0.1, 0.15) is 38.2 Å². The molecule has 0 bridgehead atoms. The topological polar surface area (TPSA) is 59.8 Å². The summed E-state index contributed by atoms with van der Waals surface area (Å²) in [6.07, 6.45) is 4.57. The van der Waals surface area contributed by atoms with Crippen molar-refractivity contribution < 1.29 is 4.79 Å². The predicted octanol–water partition coefficient (Wildman–Crippen LogP) is 5.30. The zero-order valence-electron chi connectivity index (χ0n) is 16.9. The normalized spacial score (nSPS) is 15.3. The van der Waals surface area contributed by atoms with Crippen LogP contribution in [0.4, 0.5) is 0 Å². The van der Waals surface area contributed by atoms with Crippen LogP contribution in [-0.4, -0.2) is 32.0 Å². The molecule has 0 aliphatic heterocycles. The molecule has 1 aromatic heterocycles. The van der Waals surface area contributed by atoms with Crippen molar-refractivity contribution in [2.45, 2.75) is 55.6 Å². The molecule has 1 atom stereocenters. The maximum absolute atomic E-state index is 12.7. The number of hydrogen-bond donors (Lipinski definition) is 1. The highest BCUT2D eigenvalue weighted by atomic mass is 79.9. The highest BCUT2D eigenvalue weighted by molar-refractivity contribution is 9.10. The highest BCUT2D eigenvalue weighted by Gasteiger charge is 2.24. The molecule has 156 valence electrons. The number of nitrogens with zero attached hydrogens (tertiary/aromatic N) is 3. The van der Waals surface area contributed by atoms with Crippen molar-refractivity contribution in [2.75, 3.05) is 0 Å². The summed E-state index contributed by atoms with van der Waals surface area (Å²) in [6, 6.07) is 18.6. The van der Waals surface area contributed by atoms with Gasteiger partial charge in [0.25, 0.3) is 0 Å². The zero-order chi connectivity index (χ0) is 20.9. The van der Waals surface area contributed by atoms with E-state index in [1.165, 1.54) is 24.6 Å². The van der Waals surface area contributed by atoms with Gasteiger partial charge in [0.05, 0.1) is 11.8 Å². The van der Waals surface area contributed by atoms with Gasteiger partial charge in [-0.25, -0.2) is 0 Å². The van der Waals surface area contributed by atoms with Crippen LogP contribution in [0.25, 0.3) is 11.4 Å². The van der Waals surface area contributed by atoms with Gasteiger partial charge in [0.2, 0.25) is 5.91 Å². The molecular formula is C23H25BrN4OS. The van der Waals surface area contributed by atoms with Gasteiger partial charge in [-0.15, -0.1) is 10.2 Å². The number of amides is 1. The Morgan fingerprint density at radius 2 is 1.83 bits per heavy atom. The van der Waals surface area contributed by atoms with Crippen LogP contribution in [-0.2, 0) is 11.3 Å². The minimum atomic E-state index is -0.239. The van der Waals surface area contributed by atoms with E-state index >= 15 is 0 Å². The van der Waals surface area contributed by atoms with Gasteiger partial charge >= 0.3 is 0 Å². The summed E-state index contributed by atoms with van der Waals surface area (Å²) in [5.74, 6) is 0.862. The van der Waals surface area contributed by atoms with Gasteiger partial charge in [0.15, 0.2) is 11.0 Å². The molecule has 0 saturated heterocycles. The number of rotatable bonds is 7. The fraction of sp³-hybridized carbons (Fsp3) is 0.348. The second kappa shape index (κ2) is 9.79. The molecule has 1 aliphatic carbocycles. The van der Waals surface area contributed by atoms with E-state index < -0.39 is 0 Å². The fourth-order valence-electron chi connectivity index (χ4n) is 3.73. The Morgan fingerprint density at radius 3 is 2.57 bits per heavy atom. The average Bonchev–Trinajstić information content (AvgIpc) is 3.40. The number of nitrogens with one attached hydrogen (secondary N) is 1. The van der Waals surface area contributed by atoms with E-state index in [1.54, 1.807) is 0 Å². The van der Waals surface area contributed by atoms with Crippen molar-refractivity contribution in [1.29, 1.82) is 0 Å². The Morgan fingerprint density at radius 1 is 1.13 bits per heavy atom. The van der Waals surface area contributed by atoms with Gasteiger partial charge in [-0.2, -0.15) is 0 Å². The number of benzene rings is 2. The first-order chi connectivity index (χ1) is 14.6. The third kappa shape index (κ3) is 4.95. The van der Waals surface area contributed by atoms with Crippen LogP contribution in [0.5, 0.6) is 0 Å². The van der Waals surface area contributed by atoms with Crippen LogP contribution in [0.3, 0.4) is 0 Å². The van der Waals surface area contributed by atoms with Crippen molar-refractivity contribution in [1.82, 2.24) is 20.1 Å². The van der Waals surface area contributed by atoms with Crippen LogP contribution >= 0.6 is 27.7 Å².